The molecule has 10 heteroatoms. The molecule has 0 spiro atoms. The van der Waals surface area contributed by atoms with Crippen LogP contribution in [0, 0.1) is 0 Å². The van der Waals surface area contributed by atoms with Crippen molar-refractivity contribution in [3.8, 4) is 77.9 Å². The van der Waals surface area contributed by atoms with Crippen LogP contribution in [-0.4, -0.2) is 29.9 Å². The zero-order chi connectivity index (χ0) is 89.2. The highest BCUT2D eigenvalue weighted by molar-refractivity contribution is 7.26. The standard InChI is InChI=1S/C48H28N2S.C42H24N2S.C36H20N2OS/c1-2-14-36-34(12-1)35-13-3-4-15-37(35)41-26-31(20-22-38(36)41)29-9-5-10-30(25-29)32-21-23-44-42(27-32)46-39(17-7-19-45(46)51-44)40-16-6-18-43-47(40)48-33(28-50-43)11-8-24-49-48;1-2-11-30-28(9-1)29-10-3-4-12-31(29)35-22-25(17-19-32(30)35)26-18-20-38-36(23-26)40-33(14-6-16-39(40)45-38)34-13-5-15-37-41(34)42-27(24-44-37)8-7-21-43-42;1-2-11-30-24(7-1)27-18-21(13-15-31(27)39-30)22-14-16-32-28(19-22)34-25(9-4-12-33(34)40-32)26-8-3-10-29-35(26)36-23(20-38-29)6-5-17-37-36/h1-28H;1-24H;1-20H. The fraction of sp³-hybridized carbons (Fsp3) is 0. The fourth-order valence-corrected chi connectivity index (χ4v) is 25.0. The van der Waals surface area contributed by atoms with Gasteiger partial charge in [0, 0.05) is 141 Å². The van der Waals surface area contributed by atoms with Crippen molar-refractivity contribution in [2.24, 2.45) is 0 Å². The molecule has 0 amide bonds. The lowest BCUT2D eigenvalue weighted by Gasteiger charge is -2.13. The molecule has 10 aromatic heterocycles. The van der Waals surface area contributed by atoms with E-state index in [1.165, 1.54) is 197 Å². The van der Waals surface area contributed by atoms with Crippen molar-refractivity contribution in [2.75, 3.05) is 0 Å². The normalized spacial score (nSPS) is 12.0. The highest BCUT2D eigenvalue weighted by atomic mass is 32.1. The molecule has 136 heavy (non-hydrogen) atoms. The maximum absolute atomic E-state index is 6.08. The molecule has 20 aromatic carbocycles. The molecule has 0 aliphatic rings. The molecule has 0 aliphatic carbocycles. The lowest BCUT2D eigenvalue weighted by molar-refractivity contribution is 0.669. The summed E-state index contributed by atoms with van der Waals surface area (Å²) >= 11 is 5.56. The number of aromatic nitrogens is 6. The number of hydrogen-bond acceptors (Lipinski definition) is 10. The van der Waals surface area contributed by atoms with E-state index in [0.29, 0.717) is 0 Å². The second kappa shape index (κ2) is 31.3. The molecule has 7 nitrogen and oxygen atoms in total. The first kappa shape index (κ1) is 77.6. The lowest BCUT2D eigenvalue weighted by atomic mass is 9.91. The zero-order valence-electron chi connectivity index (χ0n) is 72.9. The Bertz CT molecular complexity index is 10300. The number of furan rings is 1. The van der Waals surface area contributed by atoms with Gasteiger partial charge in [0.1, 0.15) is 11.2 Å². The molecule has 0 aliphatic heterocycles. The summed E-state index contributed by atoms with van der Waals surface area (Å²) in [4.78, 5) is 28.8. The number of benzene rings is 20. The van der Waals surface area contributed by atoms with Gasteiger partial charge in [-0.25, -0.2) is 0 Å². The van der Waals surface area contributed by atoms with Crippen molar-refractivity contribution < 1.29 is 4.42 Å². The summed E-state index contributed by atoms with van der Waals surface area (Å²) < 4.78 is 13.8. The van der Waals surface area contributed by atoms with Gasteiger partial charge in [0.05, 0.1) is 33.1 Å². The third kappa shape index (κ3) is 12.5. The van der Waals surface area contributed by atoms with Crippen LogP contribution in [0.2, 0.25) is 0 Å². The van der Waals surface area contributed by atoms with Crippen LogP contribution in [0.5, 0.6) is 0 Å². The molecular formula is C126H72N6OS3. The van der Waals surface area contributed by atoms with Crippen molar-refractivity contribution in [3.05, 3.63) is 438 Å². The Morgan fingerprint density at radius 2 is 0.434 bits per heavy atom. The van der Waals surface area contributed by atoms with Crippen LogP contribution >= 0.6 is 34.0 Å². The predicted molar refractivity (Wildman–Crippen MR) is 580 cm³/mol. The molecule has 30 aromatic rings. The Labute approximate surface area is 790 Å². The van der Waals surface area contributed by atoms with Crippen LogP contribution < -0.4 is 0 Å². The topological polar surface area (TPSA) is 90.5 Å². The summed E-state index contributed by atoms with van der Waals surface area (Å²) in [5.41, 5.74) is 24.5. The third-order valence-corrected chi connectivity index (χ3v) is 31.2. The Kier molecular flexibility index (Phi) is 17.9. The van der Waals surface area contributed by atoms with Gasteiger partial charge in [-0.3, -0.25) is 29.9 Å². The predicted octanol–water partition coefficient (Wildman–Crippen LogP) is 35.9. The van der Waals surface area contributed by atoms with Gasteiger partial charge in [-0.2, -0.15) is 0 Å². The Morgan fingerprint density at radius 1 is 0.162 bits per heavy atom. The van der Waals surface area contributed by atoms with E-state index in [2.05, 4.69) is 370 Å². The second-order valence-electron chi connectivity index (χ2n) is 35.3. The Balaban J connectivity index is 0.000000102. The summed E-state index contributed by atoms with van der Waals surface area (Å²) in [5, 5.41) is 32.0. The van der Waals surface area contributed by atoms with Crippen molar-refractivity contribution in [1.29, 1.82) is 0 Å². The minimum atomic E-state index is 0.916. The van der Waals surface area contributed by atoms with Crippen LogP contribution in [-0.2, 0) is 0 Å². The smallest absolute Gasteiger partial charge is 0.135 e. The van der Waals surface area contributed by atoms with Crippen LogP contribution in [0.4, 0.5) is 0 Å². The number of pyridine rings is 6. The molecule has 0 atom stereocenters. The molecular weight excluding hydrogens is 1710 g/mol. The summed E-state index contributed by atoms with van der Waals surface area (Å²) in [5.74, 6) is 0. The molecule has 0 saturated heterocycles. The molecule has 0 unspecified atom stereocenters. The van der Waals surface area contributed by atoms with Crippen LogP contribution in [0.25, 0.3) is 290 Å². The maximum Gasteiger partial charge on any atom is 0.135 e. The Morgan fingerprint density at radius 3 is 0.801 bits per heavy atom. The monoisotopic (exact) mass is 1780 g/mol. The van der Waals surface area contributed by atoms with E-state index in [9.17, 15) is 0 Å². The van der Waals surface area contributed by atoms with Gasteiger partial charge in [0.25, 0.3) is 0 Å². The number of thiophene rings is 3. The highest BCUT2D eigenvalue weighted by Crippen LogP contribution is 2.51. The largest absolute Gasteiger partial charge is 0.456 e. The van der Waals surface area contributed by atoms with Crippen molar-refractivity contribution in [3.63, 3.8) is 0 Å². The molecule has 0 bridgehead atoms. The molecule has 10 heterocycles. The second-order valence-corrected chi connectivity index (χ2v) is 38.5. The quantitative estimate of drug-likeness (QED) is 0.147. The van der Waals surface area contributed by atoms with Gasteiger partial charge in [-0.05, 0) is 288 Å². The number of rotatable bonds is 7. The van der Waals surface area contributed by atoms with E-state index >= 15 is 0 Å². The summed E-state index contributed by atoms with van der Waals surface area (Å²) in [6.07, 6.45) is 11.4. The number of para-hydroxylation sites is 1. The van der Waals surface area contributed by atoms with E-state index in [-0.39, 0.29) is 0 Å². The van der Waals surface area contributed by atoms with Crippen molar-refractivity contribution in [2.45, 2.75) is 0 Å². The lowest BCUT2D eigenvalue weighted by Crippen LogP contribution is -1.89. The van der Waals surface area contributed by atoms with Crippen LogP contribution in [0.15, 0.2) is 442 Å². The molecule has 0 radical (unpaired) electrons. The van der Waals surface area contributed by atoms with Gasteiger partial charge < -0.3 is 4.42 Å². The van der Waals surface area contributed by atoms with E-state index in [1.807, 2.05) is 102 Å². The molecule has 0 fully saturated rings. The average molecular weight is 1780 g/mol. The van der Waals surface area contributed by atoms with Gasteiger partial charge in [-0.1, -0.05) is 255 Å². The first-order valence-electron chi connectivity index (χ1n) is 45.9. The molecule has 30 rings (SSSR count). The summed E-state index contributed by atoms with van der Waals surface area (Å²) in [6.45, 7) is 0. The third-order valence-electron chi connectivity index (χ3n) is 27.8. The Hall–Kier alpha value is -17.1. The molecule has 630 valence electrons. The number of nitrogens with zero attached hydrogens (tertiary/aromatic N) is 6. The van der Waals surface area contributed by atoms with Gasteiger partial charge in [-0.15, -0.1) is 34.0 Å². The SMILES string of the molecule is c1cc(-c2ccc3c4ccccc4c4ccccc4c3c2)cc(-c2ccc3sc4cccc(-c5cccc6ncc7cccnc7c56)c4c3c2)c1.c1cnc2c(c1)cnc1cccc(-c3cccc4sc5ccc(-c6ccc7c8ccccc8c8ccccc8c7c6)cc5c34)c12.c1cnc2c(c1)cnc1cccc(-c3cccc4sc5ccc(-c6ccc7oc8ccccc8c7c6)cc5c34)c12. The zero-order valence-corrected chi connectivity index (χ0v) is 75.3. The van der Waals surface area contributed by atoms with Gasteiger partial charge in [0.15, 0.2) is 0 Å². The van der Waals surface area contributed by atoms with E-state index in [1.54, 1.807) is 0 Å². The number of hydrogen-bond donors (Lipinski definition) is 0. The minimum absolute atomic E-state index is 0.916. The van der Waals surface area contributed by atoms with Gasteiger partial charge >= 0.3 is 0 Å². The van der Waals surface area contributed by atoms with Crippen LogP contribution in [0.1, 0.15) is 0 Å². The summed E-state index contributed by atoms with van der Waals surface area (Å²) in [7, 11) is 0. The van der Waals surface area contributed by atoms with E-state index in [4.69, 9.17) is 34.3 Å². The summed E-state index contributed by atoms with van der Waals surface area (Å²) in [6, 6.07) is 145. The highest BCUT2D eigenvalue weighted by Gasteiger charge is 2.24. The fourth-order valence-electron chi connectivity index (χ4n) is 21.6. The van der Waals surface area contributed by atoms with Crippen molar-refractivity contribution >= 4 is 247 Å². The van der Waals surface area contributed by atoms with E-state index in [0.717, 1.165) is 92.9 Å². The molecule has 0 N–H and O–H groups in total. The maximum atomic E-state index is 6.08. The molecule has 0 saturated carbocycles. The first-order valence-corrected chi connectivity index (χ1v) is 48.3. The minimum Gasteiger partial charge on any atom is -0.456 e. The first-order chi connectivity index (χ1) is 67.4. The number of fused-ring (bicyclic) bond motifs is 33. The van der Waals surface area contributed by atoms with E-state index < -0.39 is 0 Å². The van der Waals surface area contributed by atoms with Gasteiger partial charge in [0.2, 0.25) is 0 Å². The van der Waals surface area contributed by atoms with Crippen molar-refractivity contribution in [1.82, 2.24) is 29.9 Å². The average Bonchev–Trinajstić information content (AvgIpc) is 1.29. The van der Waals surface area contributed by atoms with Crippen LogP contribution in [0.3, 0.4) is 0 Å².